The highest BCUT2D eigenvalue weighted by Gasteiger charge is 2.17. The molecule has 0 saturated heterocycles. The summed E-state index contributed by atoms with van der Waals surface area (Å²) in [6, 6.07) is 4.46. The molecule has 1 rings (SSSR count). The van der Waals surface area contributed by atoms with Crippen molar-refractivity contribution in [3.8, 4) is 0 Å². The van der Waals surface area contributed by atoms with Gasteiger partial charge in [0.2, 0.25) is 6.41 Å². The molecule has 0 saturated carbocycles. The third-order valence-corrected chi connectivity index (χ3v) is 2.15. The van der Waals surface area contributed by atoms with Crippen LogP contribution in [-0.4, -0.2) is 28.5 Å². The summed E-state index contributed by atoms with van der Waals surface area (Å²) in [5.74, 6) is -1.16. The first-order valence-corrected chi connectivity index (χ1v) is 4.70. The van der Waals surface area contributed by atoms with Crippen molar-refractivity contribution in [3.05, 3.63) is 39.9 Å². The quantitative estimate of drug-likeness (QED) is 0.421. The third-order valence-electron chi connectivity index (χ3n) is 2.15. The zero-order valence-corrected chi connectivity index (χ0v) is 8.70. The summed E-state index contributed by atoms with van der Waals surface area (Å²) in [7, 11) is 0. The van der Waals surface area contributed by atoms with Crippen LogP contribution < -0.4 is 5.32 Å². The van der Waals surface area contributed by atoms with Crippen LogP contribution in [0.3, 0.4) is 0 Å². The first kappa shape index (κ1) is 12.6. The van der Waals surface area contributed by atoms with Crippen molar-refractivity contribution >= 4 is 18.1 Å². The number of hydrogen-bond acceptors (Lipinski definition) is 4. The van der Waals surface area contributed by atoms with Crippen LogP contribution >= 0.6 is 0 Å². The number of carbonyl (C=O) groups excluding carboxylic acids is 1. The zero-order chi connectivity index (χ0) is 12.8. The summed E-state index contributed by atoms with van der Waals surface area (Å²) in [6.45, 7) is 0. The molecular formula is C10H10N2O5. The van der Waals surface area contributed by atoms with E-state index in [4.69, 9.17) is 5.11 Å². The SMILES string of the molecule is O=CN[C@@H](Cc1ccc([N+](=O)[O-])cc1)C(=O)O. The Morgan fingerprint density at radius 3 is 2.47 bits per heavy atom. The number of nitrogens with zero attached hydrogens (tertiary/aromatic N) is 1. The molecule has 1 aromatic rings. The number of aliphatic carboxylic acids is 1. The van der Waals surface area contributed by atoms with Crippen molar-refractivity contribution in [2.24, 2.45) is 0 Å². The summed E-state index contributed by atoms with van der Waals surface area (Å²) < 4.78 is 0. The van der Waals surface area contributed by atoms with Crippen molar-refractivity contribution in [1.29, 1.82) is 0 Å². The van der Waals surface area contributed by atoms with Gasteiger partial charge in [0.15, 0.2) is 0 Å². The van der Waals surface area contributed by atoms with Gasteiger partial charge in [0.05, 0.1) is 4.92 Å². The molecular weight excluding hydrogens is 228 g/mol. The predicted octanol–water partition coefficient (Wildman–Crippen LogP) is 0.336. The molecule has 7 heteroatoms. The van der Waals surface area contributed by atoms with Gasteiger partial charge in [-0.15, -0.1) is 0 Å². The fraction of sp³-hybridized carbons (Fsp3) is 0.200. The van der Waals surface area contributed by atoms with Gasteiger partial charge in [0, 0.05) is 18.6 Å². The van der Waals surface area contributed by atoms with E-state index >= 15 is 0 Å². The number of nitrogens with one attached hydrogen (secondary N) is 1. The molecule has 7 nitrogen and oxygen atoms in total. The number of carboxylic acid groups (broad SMARTS) is 1. The van der Waals surface area contributed by atoms with Crippen molar-refractivity contribution in [1.82, 2.24) is 5.32 Å². The molecule has 1 amide bonds. The molecule has 0 bridgehead atoms. The summed E-state index contributed by atoms with van der Waals surface area (Å²) >= 11 is 0. The normalized spacial score (nSPS) is 11.5. The molecule has 1 aromatic carbocycles. The van der Waals surface area contributed by atoms with E-state index in [2.05, 4.69) is 5.32 Å². The van der Waals surface area contributed by atoms with Crippen LogP contribution in [-0.2, 0) is 16.0 Å². The average Bonchev–Trinajstić information content (AvgIpc) is 2.29. The number of hydrogen-bond donors (Lipinski definition) is 2. The monoisotopic (exact) mass is 238 g/mol. The number of benzene rings is 1. The van der Waals surface area contributed by atoms with E-state index in [0.717, 1.165) is 0 Å². The minimum Gasteiger partial charge on any atom is -0.480 e. The molecule has 0 heterocycles. The summed E-state index contributed by atoms with van der Waals surface area (Å²) in [5, 5.41) is 21.3. The van der Waals surface area contributed by atoms with Crippen molar-refractivity contribution < 1.29 is 19.6 Å². The minimum absolute atomic E-state index is 0.0658. The highest BCUT2D eigenvalue weighted by molar-refractivity contribution is 5.76. The van der Waals surface area contributed by atoms with Gasteiger partial charge in [0.25, 0.3) is 5.69 Å². The Hall–Kier alpha value is -2.44. The topological polar surface area (TPSA) is 110 Å². The number of carboxylic acids is 1. The van der Waals surface area contributed by atoms with Gasteiger partial charge in [0.1, 0.15) is 6.04 Å². The van der Waals surface area contributed by atoms with E-state index in [0.29, 0.717) is 12.0 Å². The van der Waals surface area contributed by atoms with Crippen LogP contribution in [0.1, 0.15) is 5.56 Å². The van der Waals surface area contributed by atoms with Gasteiger partial charge in [-0.25, -0.2) is 4.79 Å². The van der Waals surface area contributed by atoms with E-state index < -0.39 is 16.9 Å². The smallest absolute Gasteiger partial charge is 0.326 e. The molecule has 0 aromatic heterocycles. The molecule has 0 aliphatic carbocycles. The summed E-state index contributed by atoms with van der Waals surface area (Å²) in [5.41, 5.74) is 0.529. The Kier molecular flexibility index (Phi) is 4.15. The molecule has 90 valence electrons. The summed E-state index contributed by atoms with van der Waals surface area (Å²) in [6.07, 6.45) is 0.385. The number of nitro benzene ring substituents is 1. The van der Waals surface area contributed by atoms with Gasteiger partial charge in [-0.1, -0.05) is 12.1 Å². The molecule has 0 spiro atoms. The molecule has 17 heavy (non-hydrogen) atoms. The van der Waals surface area contributed by atoms with Gasteiger partial charge in [-0.3, -0.25) is 14.9 Å². The van der Waals surface area contributed by atoms with E-state index in [1.807, 2.05) is 0 Å². The van der Waals surface area contributed by atoms with Crippen LogP contribution in [0.4, 0.5) is 5.69 Å². The molecule has 0 fully saturated rings. The van der Waals surface area contributed by atoms with Crippen LogP contribution in [0.25, 0.3) is 0 Å². The van der Waals surface area contributed by atoms with E-state index in [-0.39, 0.29) is 12.1 Å². The van der Waals surface area contributed by atoms with Gasteiger partial charge in [-0.2, -0.15) is 0 Å². The second-order valence-electron chi connectivity index (χ2n) is 3.30. The number of amides is 1. The largest absolute Gasteiger partial charge is 0.480 e. The fourth-order valence-electron chi connectivity index (χ4n) is 1.29. The van der Waals surface area contributed by atoms with Crippen molar-refractivity contribution in [3.63, 3.8) is 0 Å². The molecule has 1 atom stereocenters. The third kappa shape index (κ3) is 3.56. The van der Waals surface area contributed by atoms with Gasteiger partial charge >= 0.3 is 5.97 Å². The predicted molar refractivity (Wildman–Crippen MR) is 57.4 cm³/mol. The second kappa shape index (κ2) is 5.59. The van der Waals surface area contributed by atoms with E-state index in [9.17, 15) is 19.7 Å². The Bertz CT molecular complexity index is 429. The molecule has 0 unspecified atom stereocenters. The highest BCUT2D eigenvalue weighted by Crippen LogP contribution is 2.13. The Balaban J connectivity index is 2.76. The van der Waals surface area contributed by atoms with E-state index in [1.54, 1.807) is 0 Å². The number of non-ortho nitro benzene ring substituents is 1. The molecule has 0 aliphatic heterocycles. The van der Waals surface area contributed by atoms with Gasteiger partial charge < -0.3 is 10.4 Å². The lowest BCUT2D eigenvalue weighted by Gasteiger charge is -2.10. The van der Waals surface area contributed by atoms with E-state index in [1.165, 1.54) is 24.3 Å². The number of carbonyl (C=O) groups is 2. The Morgan fingerprint density at radius 2 is 2.06 bits per heavy atom. The van der Waals surface area contributed by atoms with Crippen LogP contribution in [0.5, 0.6) is 0 Å². The Morgan fingerprint density at radius 1 is 1.47 bits per heavy atom. The number of rotatable bonds is 6. The maximum absolute atomic E-state index is 10.7. The fourth-order valence-corrected chi connectivity index (χ4v) is 1.29. The maximum atomic E-state index is 10.7. The highest BCUT2D eigenvalue weighted by atomic mass is 16.6. The van der Waals surface area contributed by atoms with Crippen LogP contribution in [0.2, 0.25) is 0 Å². The van der Waals surface area contributed by atoms with Crippen molar-refractivity contribution in [2.45, 2.75) is 12.5 Å². The lowest BCUT2D eigenvalue weighted by molar-refractivity contribution is -0.384. The standard InChI is InChI=1S/C10H10N2O5/c13-6-11-9(10(14)15)5-7-1-3-8(4-2-7)12(16)17/h1-4,6,9H,5H2,(H,11,13)(H,14,15)/t9-/m0/s1. The Labute approximate surface area is 96.2 Å². The second-order valence-corrected chi connectivity index (χ2v) is 3.30. The minimum atomic E-state index is -1.16. The van der Waals surface area contributed by atoms with Crippen molar-refractivity contribution in [2.75, 3.05) is 0 Å². The number of nitro groups is 1. The zero-order valence-electron chi connectivity index (χ0n) is 8.70. The molecule has 0 radical (unpaired) electrons. The lowest BCUT2D eigenvalue weighted by Crippen LogP contribution is -2.37. The molecule has 0 aliphatic rings. The average molecular weight is 238 g/mol. The van der Waals surface area contributed by atoms with Crippen LogP contribution in [0, 0.1) is 10.1 Å². The first-order valence-electron chi connectivity index (χ1n) is 4.70. The maximum Gasteiger partial charge on any atom is 0.326 e. The lowest BCUT2D eigenvalue weighted by atomic mass is 10.1. The first-order chi connectivity index (χ1) is 8.04. The van der Waals surface area contributed by atoms with Crippen LogP contribution in [0.15, 0.2) is 24.3 Å². The van der Waals surface area contributed by atoms with Gasteiger partial charge in [-0.05, 0) is 5.56 Å². The summed E-state index contributed by atoms with van der Waals surface area (Å²) in [4.78, 5) is 30.8. The molecule has 2 N–H and O–H groups in total.